The number of amides is 1. The van der Waals surface area contributed by atoms with Crippen LogP contribution < -0.4 is 5.32 Å². The van der Waals surface area contributed by atoms with Crippen LogP contribution in [0.15, 0.2) is 24.3 Å². The summed E-state index contributed by atoms with van der Waals surface area (Å²) >= 11 is 3.21. The quantitative estimate of drug-likeness (QED) is 0.855. The third-order valence-corrected chi connectivity index (χ3v) is 2.28. The van der Waals surface area contributed by atoms with Crippen LogP contribution >= 0.6 is 15.9 Å². The third-order valence-electron chi connectivity index (χ3n) is 1.87. The standard InChI is InChI=1S/C11H14BrNO2/c1-8(12)11(14)13-10-5-3-4-9(6-10)7-15-2/h3-6,8H,7H2,1-2H3,(H,13,14). The monoisotopic (exact) mass is 271 g/mol. The zero-order chi connectivity index (χ0) is 11.3. The van der Waals surface area contributed by atoms with Crippen LogP contribution in [-0.2, 0) is 16.1 Å². The van der Waals surface area contributed by atoms with E-state index in [1.54, 1.807) is 14.0 Å². The lowest BCUT2D eigenvalue weighted by Crippen LogP contribution is -2.19. The molecule has 1 atom stereocenters. The van der Waals surface area contributed by atoms with Crippen LogP contribution in [0.4, 0.5) is 5.69 Å². The lowest BCUT2D eigenvalue weighted by Gasteiger charge is -2.08. The van der Waals surface area contributed by atoms with Crippen LogP contribution in [0.3, 0.4) is 0 Å². The predicted octanol–water partition coefficient (Wildman–Crippen LogP) is 2.55. The molecule has 0 heterocycles. The topological polar surface area (TPSA) is 38.3 Å². The van der Waals surface area contributed by atoms with Crippen molar-refractivity contribution < 1.29 is 9.53 Å². The molecule has 0 saturated heterocycles. The fourth-order valence-corrected chi connectivity index (χ4v) is 1.26. The average molecular weight is 272 g/mol. The first-order chi connectivity index (χ1) is 7.13. The SMILES string of the molecule is COCc1cccc(NC(=O)C(C)Br)c1. The smallest absolute Gasteiger partial charge is 0.237 e. The van der Waals surface area contributed by atoms with Gasteiger partial charge in [0.1, 0.15) is 0 Å². The van der Waals surface area contributed by atoms with E-state index < -0.39 is 0 Å². The van der Waals surface area contributed by atoms with Gasteiger partial charge >= 0.3 is 0 Å². The highest BCUT2D eigenvalue weighted by molar-refractivity contribution is 9.10. The van der Waals surface area contributed by atoms with Gasteiger partial charge in [0, 0.05) is 12.8 Å². The van der Waals surface area contributed by atoms with E-state index in [0.717, 1.165) is 11.3 Å². The summed E-state index contributed by atoms with van der Waals surface area (Å²) in [6, 6.07) is 7.60. The van der Waals surface area contributed by atoms with Crippen molar-refractivity contribution in [1.29, 1.82) is 0 Å². The fraction of sp³-hybridized carbons (Fsp3) is 0.364. The summed E-state index contributed by atoms with van der Waals surface area (Å²) in [5.41, 5.74) is 1.83. The maximum atomic E-state index is 11.4. The van der Waals surface area contributed by atoms with E-state index in [-0.39, 0.29) is 10.7 Å². The van der Waals surface area contributed by atoms with Crippen molar-refractivity contribution in [3.8, 4) is 0 Å². The molecule has 4 heteroatoms. The van der Waals surface area contributed by atoms with Gasteiger partial charge in [-0.25, -0.2) is 0 Å². The molecule has 1 N–H and O–H groups in total. The van der Waals surface area contributed by atoms with Crippen molar-refractivity contribution in [2.75, 3.05) is 12.4 Å². The summed E-state index contributed by atoms with van der Waals surface area (Å²) in [5, 5.41) is 2.80. The minimum absolute atomic E-state index is 0.0513. The molecule has 0 saturated carbocycles. The lowest BCUT2D eigenvalue weighted by atomic mass is 10.2. The molecule has 0 radical (unpaired) electrons. The largest absolute Gasteiger partial charge is 0.380 e. The second-order valence-corrected chi connectivity index (χ2v) is 4.61. The van der Waals surface area contributed by atoms with Gasteiger partial charge in [0.25, 0.3) is 0 Å². The van der Waals surface area contributed by atoms with E-state index >= 15 is 0 Å². The molecule has 0 fully saturated rings. The van der Waals surface area contributed by atoms with Crippen molar-refractivity contribution in [3.63, 3.8) is 0 Å². The molecule has 0 aromatic heterocycles. The molecule has 82 valence electrons. The molecule has 1 aromatic rings. The minimum atomic E-state index is -0.191. The number of hydrogen-bond acceptors (Lipinski definition) is 2. The van der Waals surface area contributed by atoms with Gasteiger partial charge in [-0.1, -0.05) is 28.1 Å². The summed E-state index contributed by atoms with van der Waals surface area (Å²) in [7, 11) is 1.64. The predicted molar refractivity (Wildman–Crippen MR) is 64.2 cm³/mol. The number of hydrogen-bond donors (Lipinski definition) is 1. The Labute approximate surface area is 97.9 Å². The summed E-state index contributed by atoms with van der Waals surface area (Å²) in [4.78, 5) is 11.2. The number of nitrogens with one attached hydrogen (secondary N) is 1. The van der Waals surface area contributed by atoms with Crippen molar-refractivity contribution in [2.24, 2.45) is 0 Å². The van der Waals surface area contributed by atoms with E-state index in [0.29, 0.717) is 6.61 Å². The van der Waals surface area contributed by atoms with E-state index in [4.69, 9.17) is 4.74 Å². The number of halogens is 1. The summed E-state index contributed by atoms with van der Waals surface area (Å²) in [6.07, 6.45) is 0. The minimum Gasteiger partial charge on any atom is -0.380 e. The van der Waals surface area contributed by atoms with E-state index in [1.165, 1.54) is 0 Å². The van der Waals surface area contributed by atoms with Crippen LogP contribution in [0.2, 0.25) is 0 Å². The first-order valence-corrected chi connectivity index (χ1v) is 5.58. The highest BCUT2D eigenvalue weighted by atomic mass is 79.9. The van der Waals surface area contributed by atoms with Crippen LogP contribution in [0.5, 0.6) is 0 Å². The Morgan fingerprint density at radius 3 is 2.93 bits per heavy atom. The van der Waals surface area contributed by atoms with Crippen LogP contribution in [0.25, 0.3) is 0 Å². The molecule has 0 aliphatic carbocycles. The van der Waals surface area contributed by atoms with Gasteiger partial charge in [-0.15, -0.1) is 0 Å². The number of rotatable bonds is 4. The van der Waals surface area contributed by atoms with E-state index in [2.05, 4.69) is 21.2 Å². The van der Waals surface area contributed by atoms with E-state index in [9.17, 15) is 4.79 Å². The molecule has 1 aromatic carbocycles. The van der Waals surface area contributed by atoms with Gasteiger partial charge in [-0.3, -0.25) is 4.79 Å². The zero-order valence-corrected chi connectivity index (χ0v) is 10.4. The Morgan fingerprint density at radius 1 is 1.60 bits per heavy atom. The van der Waals surface area contributed by atoms with Crippen molar-refractivity contribution in [1.82, 2.24) is 0 Å². The Balaban J connectivity index is 2.69. The number of benzene rings is 1. The molecule has 0 aliphatic rings. The molecule has 15 heavy (non-hydrogen) atoms. The Bertz CT molecular complexity index is 339. The van der Waals surface area contributed by atoms with Gasteiger partial charge in [-0.2, -0.15) is 0 Å². The maximum Gasteiger partial charge on any atom is 0.237 e. The second-order valence-electron chi connectivity index (χ2n) is 3.24. The van der Waals surface area contributed by atoms with Gasteiger partial charge in [0.05, 0.1) is 11.4 Å². The highest BCUT2D eigenvalue weighted by Crippen LogP contribution is 2.12. The van der Waals surface area contributed by atoms with Gasteiger partial charge in [0.2, 0.25) is 5.91 Å². The molecule has 0 spiro atoms. The number of alkyl halides is 1. The number of carbonyl (C=O) groups excluding carboxylic acids is 1. The van der Waals surface area contributed by atoms with Crippen LogP contribution in [0.1, 0.15) is 12.5 Å². The van der Waals surface area contributed by atoms with Crippen molar-refractivity contribution >= 4 is 27.5 Å². The molecule has 0 aliphatic heterocycles. The number of methoxy groups -OCH3 is 1. The summed E-state index contributed by atoms with van der Waals surface area (Å²) < 4.78 is 5.01. The van der Waals surface area contributed by atoms with Crippen LogP contribution in [0, 0.1) is 0 Å². The van der Waals surface area contributed by atoms with Crippen LogP contribution in [-0.4, -0.2) is 17.8 Å². The third kappa shape index (κ3) is 4.01. The zero-order valence-electron chi connectivity index (χ0n) is 8.79. The molecule has 3 nitrogen and oxygen atoms in total. The first kappa shape index (κ1) is 12.2. The number of carbonyl (C=O) groups is 1. The maximum absolute atomic E-state index is 11.4. The molecule has 1 unspecified atom stereocenters. The molecule has 1 rings (SSSR count). The fourth-order valence-electron chi connectivity index (χ4n) is 1.15. The lowest BCUT2D eigenvalue weighted by molar-refractivity contribution is -0.115. The van der Waals surface area contributed by atoms with Gasteiger partial charge in [0.15, 0.2) is 0 Å². The number of ether oxygens (including phenoxy) is 1. The van der Waals surface area contributed by atoms with Gasteiger partial charge < -0.3 is 10.1 Å². The van der Waals surface area contributed by atoms with E-state index in [1.807, 2.05) is 24.3 Å². The Morgan fingerprint density at radius 2 is 2.33 bits per heavy atom. The van der Waals surface area contributed by atoms with Crippen molar-refractivity contribution in [3.05, 3.63) is 29.8 Å². The summed E-state index contributed by atoms with van der Waals surface area (Å²) in [5.74, 6) is -0.0513. The Hall–Kier alpha value is -0.870. The Kier molecular flexibility index (Phi) is 4.78. The van der Waals surface area contributed by atoms with Gasteiger partial charge in [-0.05, 0) is 24.6 Å². The summed E-state index contributed by atoms with van der Waals surface area (Å²) in [6.45, 7) is 2.34. The second kappa shape index (κ2) is 5.88. The average Bonchev–Trinajstić information content (AvgIpc) is 2.18. The molecular formula is C11H14BrNO2. The normalized spacial score (nSPS) is 12.2. The molecule has 0 bridgehead atoms. The number of anilines is 1. The molecular weight excluding hydrogens is 258 g/mol. The highest BCUT2D eigenvalue weighted by Gasteiger charge is 2.08. The molecule has 1 amide bonds. The first-order valence-electron chi connectivity index (χ1n) is 4.66. The van der Waals surface area contributed by atoms with Crippen molar-refractivity contribution in [2.45, 2.75) is 18.4 Å².